The number of carbonyl (C=O) groups is 4. The van der Waals surface area contributed by atoms with E-state index in [0.717, 1.165) is 108 Å². The first kappa shape index (κ1) is 84.1. The van der Waals surface area contributed by atoms with Crippen LogP contribution in [-0.4, -0.2) is 96.7 Å². The Kier molecular flexibility index (Phi) is 56.9. The van der Waals surface area contributed by atoms with E-state index in [2.05, 4.69) is 48.5 Å². The summed E-state index contributed by atoms with van der Waals surface area (Å²) in [7, 11) is -9.89. The molecule has 0 aliphatic carbocycles. The first-order chi connectivity index (χ1) is 41.3. The summed E-state index contributed by atoms with van der Waals surface area (Å²) in [4.78, 5) is 72.4. The molecule has 19 heteroatoms. The maximum Gasteiger partial charge on any atom is 0.472 e. The second kappa shape index (κ2) is 58.2. The van der Waals surface area contributed by atoms with Gasteiger partial charge in [0.25, 0.3) is 0 Å². The van der Waals surface area contributed by atoms with Gasteiger partial charge in [-0.3, -0.25) is 37.3 Å². The van der Waals surface area contributed by atoms with Gasteiger partial charge in [0, 0.05) is 25.7 Å². The Morgan fingerprint density at radius 2 is 0.593 bits per heavy atom. The van der Waals surface area contributed by atoms with E-state index in [1.54, 1.807) is 0 Å². The fraction of sp³-hybridized carbons (Fsp3) is 0.940. The zero-order chi connectivity index (χ0) is 63.8. The van der Waals surface area contributed by atoms with Crippen LogP contribution in [0.25, 0.3) is 0 Å². The minimum Gasteiger partial charge on any atom is -0.462 e. The van der Waals surface area contributed by atoms with Gasteiger partial charge in [-0.2, -0.15) is 0 Å². The third-order valence-electron chi connectivity index (χ3n) is 15.7. The molecule has 0 amide bonds. The second-order valence-electron chi connectivity index (χ2n) is 25.4. The molecule has 86 heavy (non-hydrogen) atoms. The predicted octanol–water partition coefficient (Wildman–Crippen LogP) is 18.7. The zero-order valence-corrected chi connectivity index (χ0v) is 57.6. The smallest absolute Gasteiger partial charge is 0.462 e. The summed E-state index contributed by atoms with van der Waals surface area (Å²) in [6, 6.07) is 0. The van der Waals surface area contributed by atoms with Gasteiger partial charge in [-0.15, -0.1) is 0 Å². The lowest BCUT2D eigenvalue weighted by Gasteiger charge is -2.21. The van der Waals surface area contributed by atoms with E-state index < -0.39 is 97.5 Å². The highest BCUT2D eigenvalue weighted by atomic mass is 31.2. The van der Waals surface area contributed by atoms with Crippen LogP contribution in [0.1, 0.15) is 331 Å². The Labute approximate surface area is 524 Å². The molecule has 17 nitrogen and oxygen atoms in total. The highest BCUT2D eigenvalue weighted by molar-refractivity contribution is 7.47. The van der Waals surface area contributed by atoms with E-state index in [0.29, 0.717) is 31.6 Å². The molecule has 0 bridgehead atoms. The maximum atomic E-state index is 13.0. The third-order valence-corrected chi connectivity index (χ3v) is 17.6. The third kappa shape index (κ3) is 59.7. The summed E-state index contributed by atoms with van der Waals surface area (Å²) in [5.74, 6) is 0.0590. The molecule has 0 aromatic heterocycles. The standard InChI is InChI=1S/C67H130O17P2/c1-8-10-11-12-13-14-15-18-21-26-34-41-48-64(69)77-54-62(83-66(71)50-43-36-27-22-19-16-17-20-24-31-38-45-58(3)4)56-81-85(73,74)79-52-61(68)53-80-86(75,76)82-57-63(84-67(72)51-44-37-28-23-25-32-39-46-59(5)6)55-78-65(70)49-42-35-30-29-33-40-47-60(7)9-2/h58-63,68H,8-57H2,1-7H3,(H,73,74)(H,75,76)/t60?,61-,62-,63-/m1/s1. The van der Waals surface area contributed by atoms with E-state index in [4.69, 9.17) is 37.0 Å². The van der Waals surface area contributed by atoms with Crippen molar-refractivity contribution in [3.05, 3.63) is 0 Å². The zero-order valence-electron chi connectivity index (χ0n) is 55.8. The van der Waals surface area contributed by atoms with Crippen LogP contribution in [0.4, 0.5) is 0 Å². The van der Waals surface area contributed by atoms with E-state index in [1.807, 2.05) is 0 Å². The van der Waals surface area contributed by atoms with Gasteiger partial charge in [-0.25, -0.2) is 9.13 Å². The van der Waals surface area contributed by atoms with Crippen LogP contribution in [0, 0.1) is 17.8 Å². The molecule has 3 N–H and O–H groups in total. The molecule has 0 fully saturated rings. The number of hydrogen-bond donors (Lipinski definition) is 3. The highest BCUT2D eigenvalue weighted by Gasteiger charge is 2.30. The predicted molar refractivity (Wildman–Crippen MR) is 344 cm³/mol. The molecule has 6 atom stereocenters. The monoisotopic (exact) mass is 1270 g/mol. The van der Waals surface area contributed by atoms with E-state index >= 15 is 0 Å². The lowest BCUT2D eigenvalue weighted by atomic mass is 10.00. The van der Waals surface area contributed by atoms with Crippen molar-refractivity contribution in [2.75, 3.05) is 39.6 Å². The lowest BCUT2D eigenvalue weighted by Crippen LogP contribution is -2.30. The van der Waals surface area contributed by atoms with Crippen molar-refractivity contribution in [2.45, 2.75) is 349 Å². The highest BCUT2D eigenvalue weighted by Crippen LogP contribution is 2.45. The van der Waals surface area contributed by atoms with Crippen molar-refractivity contribution in [2.24, 2.45) is 17.8 Å². The Bertz CT molecular complexity index is 1700. The average Bonchev–Trinajstić information content (AvgIpc) is 3.67. The molecular formula is C67H130O17P2. The van der Waals surface area contributed by atoms with Crippen molar-refractivity contribution in [1.82, 2.24) is 0 Å². The van der Waals surface area contributed by atoms with Gasteiger partial charge < -0.3 is 33.8 Å². The quantitative estimate of drug-likeness (QED) is 0.0222. The summed E-state index contributed by atoms with van der Waals surface area (Å²) >= 11 is 0. The maximum absolute atomic E-state index is 13.0. The average molecular weight is 1270 g/mol. The van der Waals surface area contributed by atoms with Gasteiger partial charge in [0.2, 0.25) is 0 Å². The summed E-state index contributed by atoms with van der Waals surface area (Å²) in [6.07, 6.45) is 40.4. The molecule has 0 saturated carbocycles. The number of hydrogen-bond acceptors (Lipinski definition) is 15. The van der Waals surface area contributed by atoms with Crippen molar-refractivity contribution in [1.29, 1.82) is 0 Å². The minimum absolute atomic E-state index is 0.102. The van der Waals surface area contributed by atoms with Crippen molar-refractivity contribution in [3.8, 4) is 0 Å². The van der Waals surface area contributed by atoms with Crippen LogP contribution in [0.15, 0.2) is 0 Å². The van der Waals surface area contributed by atoms with Crippen LogP contribution in [0.3, 0.4) is 0 Å². The molecule has 0 aromatic rings. The summed E-state index contributed by atoms with van der Waals surface area (Å²) in [5, 5.41) is 10.6. The fourth-order valence-corrected chi connectivity index (χ4v) is 11.6. The van der Waals surface area contributed by atoms with Crippen molar-refractivity contribution < 1.29 is 80.2 Å². The number of aliphatic hydroxyl groups excluding tert-OH is 1. The van der Waals surface area contributed by atoms with Crippen molar-refractivity contribution in [3.63, 3.8) is 0 Å². The molecule has 0 radical (unpaired) electrons. The van der Waals surface area contributed by atoms with Crippen LogP contribution in [0.2, 0.25) is 0 Å². The number of esters is 4. The lowest BCUT2D eigenvalue weighted by molar-refractivity contribution is -0.161. The van der Waals surface area contributed by atoms with Gasteiger partial charge >= 0.3 is 39.5 Å². The van der Waals surface area contributed by atoms with Crippen molar-refractivity contribution >= 4 is 39.5 Å². The Balaban J connectivity index is 5.25. The van der Waals surface area contributed by atoms with Gasteiger partial charge in [0.15, 0.2) is 12.2 Å². The van der Waals surface area contributed by atoms with Crippen LogP contribution in [0.5, 0.6) is 0 Å². The molecule has 0 aliphatic rings. The van der Waals surface area contributed by atoms with Gasteiger partial charge in [0.05, 0.1) is 26.4 Å². The number of phosphoric ester groups is 2. The largest absolute Gasteiger partial charge is 0.472 e. The van der Waals surface area contributed by atoms with Gasteiger partial charge in [-0.1, -0.05) is 280 Å². The Morgan fingerprint density at radius 3 is 0.884 bits per heavy atom. The molecule has 0 spiro atoms. The molecule has 510 valence electrons. The van der Waals surface area contributed by atoms with E-state index in [-0.39, 0.29) is 25.7 Å². The number of aliphatic hydroxyl groups is 1. The van der Waals surface area contributed by atoms with E-state index in [1.165, 1.54) is 135 Å². The number of phosphoric acid groups is 2. The number of rotatable bonds is 65. The Hall–Kier alpha value is -1.94. The number of unbranched alkanes of at least 4 members (excludes halogenated alkanes) is 32. The van der Waals surface area contributed by atoms with E-state index in [9.17, 15) is 43.2 Å². The van der Waals surface area contributed by atoms with Crippen LogP contribution < -0.4 is 0 Å². The second-order valence-corrected chi connectivity index (χ2v) is 28.3. The molecule has 0 saturated heterocycles. The molecule has 0 aliphatic heterocycles. The molecule has 0 heterocycles. The first-order valence-corrected chi connectivity index (χ1v) is 37.9. The molecule has 0 rings (SSSR count). The summed E-state index contributed by atoms with van der Waals surface area (Å²) in [5.41, 5.74) is 0. The first-order valence-electron chi connectivity index (χ1n) is 34.9. The topological polar surface area (TPSA) is 237 Å². The normalized spacial score (nSPS) is 14.6. The summed E-state index contributed by atoms with van der Waals surface area (Å²) in [6.45, 7) is 11.7. The molecule has 0 aromatic carbocycles. The number of ether oxygens (including phenoxy) is 4. The molecular weight excluding hydrogens is 1140 g/mol. The Morgan fingerprint density at radius 1 is 0.337 bits per heavy atom. The van der Waals surface area contributed by atoms with Gasteiger partial charge in [-0.05, 0) is 43.4 Å². The van der Waals surface area contributed by atoms with Gasteiger partial charge in [0.1, 0.15) is 19.3 Å². The fourth-order valence-electron chi connectivity index (χ4n) is 9.98. The molecule has 3 unspecified atom stereocenters. The number of carbonyl (C=O) groups excluding carboxylic acids is 4. The summed E-state index contributed by atoms with van der Waals surface area (Å²) < 4.78 is 68.1. The van der Waals surface area contributed by atoms with Crippen LogP contribution >= 0.6 is 15.6 Å². The SMILES string of the molecule is CCCCCCCCCCCCCCC(=O)OC[C@H](COP(=O)(O)OC[C@@H](O)COP(=O)(O)OC[C@@H](COC(=O)CCCCCCCCC(C)CC)OC(=O)CCCCCCCCCC(C)C)OC(=O)CCCCCCCCCCCCCC(C)C. The minimum atomic E-state index is -4.95. The van der Waals surface area contributed by atoms with Crippen LogP contribution in [-0.2, 0) is 65.4 Å².